The van der Waals surface area contributed by atoms with Gasteiger partial charge >= 0.3 is 24.0 Å². The minimum Gasteiger partial charge on any atom is -0.464 e. The van der Waals surface area contributed by atoms with Gasteiger partial charge in [0.2, 0.25) is 0 Å². The number of aromatic nitrogens is 3. The minimum atomic E-state index is -1.55. The monoisotopic (exact) mass is 661 g/mol. The Morgan fingerprint density at radius 2 is 1.79 bits per heavy atom. The van der Waals surface area contributed by atoms with Crippen LogP contribution in [-0.2, 0) is 20.7 Å². The Balaban J connectivity index is 1.36. The van der Waals surface area contributed by atoms with Crippen molar-refractivity contribution < 1.29 is 29.0 Å². The number of fused-ring (bicyclic) bond motifs is 1. The fourth-order valence-electron chi connectivity index (χ4n) is 6.69. The maximum Gasteiger partial charge on any atom is 0.425 e. The van der Waals surface area contributed by atoms with E-state index >= 15 is 0 Å². The number of ether oxygens (including phenoxy) is 1. The van der Waals surface area contributed by atoms with Crippen LogP contribution >= 0.6 is 0 Å². The van der Waals surface area contributed by atoms with Crippen LogP contribution in [0, 0.1) is 12.8 Å². The summed E-state index contributed by atoms with van der Waals surface area (Å²) in [5, 5.41) is 18.5. The molecule has 0 spiro atoms. The normalized spacial score (nSPS) is 19.3. The Morgan fingerprint density at radius 3 is 2.44 bits per heavy atom. The molecule has 2 N–H and O–H groups in total. The van der Waals surface area contributed by atoms with Crippen molar-refractivity contribution in [1.82, 2.24) is 24.6 Å². The summed E-state index contributed by atoms with van der Waals surface area (Å²) >= 11 is 0. The summed E-state index contributed by atoms with van der Waals surface area (Å²) in [6.45, 7) is 13.3. The van der Waals surface area contributed by atoms with Crippen molar-refractivity contribution in [3.8, 4) is 0 Å². The smallest absolute Gasteiger partial charge is 0.425 e. The largest absolute Gasteiger partial charge is 0.464 e. The molecule has 0 bridgehead atoms. The average molecular weight is 662 g/mol. The van der Waals surface area contributed by atoms with Gasteiger partial charge in [-0.15, -0.1) is 0 Å². The van der Waals surface area contributed by atoms with Crippen molar-refractivity contribution in [1.29, 1.82) is 0 Å². The van der Waals surface area contributed by atoms with Gasteiger partial charge in [0.15, 0.2) is 5.82 Å². The van der Waals surface area contributed by atoms with Crippen LogP contribution in [-0.4, -0.2) is 86.0 Å². The van der Waals surface area contributed by atoms with Crippen LogP contribution in [0.2, 0.25) is 0 Å². The van der Waals surface area contributed by atoms with Gasteiger partial charge in [0.05, 0.1) is 29.5 Å². The first-order chi connectivity index (χ1) is 22.7. The lowest BCUT2D eigenvalue weighted by Crippen LogP contribution is -2.46. The Kier molecular flexibility index (Phi) is 10.1. The lowest BCUT2D eigenvalue weighted by Gasteiger charge is -2.38. The number of carboxylic acid groups (broad SMARTS) is 1. The average Bonchev–Trinajstić information content (AvgIpc) is 3.35. The summed E-state index contributed by atoms with van der Waals surface area (Å²) in [7, 11) is 2.14. The van der Waals surface area contributed by atoms with Crippen molar-refractivity contribution in [2.45, 2.75) is 91.3 Å². The standard InChI is InChI=1S/C35H47N7O6/c1-8-23-17-25(19-36-30(23)41(33(45)46)34(47)48-35(4,5)6)37-31(43)32(44)40-20-21(2)9-12-29(40)24-10-11-27-22(3)42(38-28(27)18-24)26-13-15-39(7)16-14-26/h10-11,17-19,21,26,29H,8-9,12-16,20H2,1-7H3,(H,37,43)(H,45,46)/t21-,29?/m0/s1. The molecule has 3 aromatic rings. The second-order valence-electron chi connectivity index (χ2n) is 14.1. The number of nitrogens with one attached hydrogen (secondary N) is 1. The molecular weight excluding hydrogens is 614 g/mol. The molecule has 2 aliphatic heterocycles. The van der Waals surface area contributed by atoms with Gasteiger partial charge in [0.1, 0.15) is 5.60 Å². The zero-order valence-electron chi connectivity index (χ0n) is 28.9. The number of hydrogen-bond acceptors (Lipinski definition) is 8. The molecule has 2 aliphatic rings. The molecule has 258 valence electrons. The molecule has 1 unspecified atom stereocenters. The van der Waals surface area contributed by atoms with E-state index in [1.54, 1.807) is 32.6 Å². The molecule has 5 rings (SSSR count). The number of likely N-dealkylation sites (tertiary alicyclic amines) is 2. The highest BCUT2D eigenvalue weighted by Crippen LogP contribution is 2.36. The van der Waals surface area contributed by atoms with E-state index in [4.69, 9.17) is 9.84 Å². The summed E-state index contributed by atoms with van der Waals surface area (Å²) in [4.78, 5) is 60.5. The Morgan fingerprint density at radius 1 is 1.08 bits per heavy atom. The lowest BCUT2D eigenvalue weighted by molar-refractivity contribution is -0.146. The van der Waals surface area contributed by atoms with Crippen LogP contribution in [0.1, 0.15) is 89.2 Å². The van der Waals surface area contributed by atoms with Crippen molar-refractivity contribution in [3.63, 3.8) is 0 Å². The van der Waals surface area contributed by atoms with E-state index in [1.807, 2.05) is 6.07 Å². The van der Waals surface area contributed by atoms with Crippen molar-refractivity contribution in [2.75, 3.05) is 36.9 Å². The number of carbonyl (C=O) groups is 4. The van der Waals surface area contributed by atoms with Crippen LogP contribution < -0.4 is 10.2 Å². The van der Waals surface area contributed by atoms with Crippen molar-refractivity contribution in [2.24, 2.45) is 5.92 Å². The van der Waals surface area contributed by atoms with E-state index in [9.17, 15) is 24.3 Å². The van der Waals surface area contributed by atoms with E-state index in [0.717, 1.165) is 54.5 Å². The number of pyridine rings is 1. The molecule has 2 atom stereocenters. The second kappa shape index (κ2) is 13.9. The Labute approximate surface area is 281 Å². The summed E-state index contributed by atoms with van der Waals surface area (Å²) in [5.74, 6) is -1.40. The summed E-state index contributed by atoms with van der Waals surface area (Å²) in [6, 6.07) is 7.76. The summed E-state index contributed by atoms with van der Waals surface area (Å²) in [5.41, 5.74) is 2.63. The summed E-state index contributed by atoms with van der Waals surface area (Å²) < 4.78 is 7.43. The van der Waals surface area contributed by atoms with Gasteiger partial charge in [-0.25, -0.2) is 14.6 Å². The molecule has 4 heterocycles. The van der Waals surface area contributed by atoms with Gasteiger partial charge in [-0.1, -0.05) is 26.0 Å². The van der Waals surface area contributed by atoms with Crippen molar-refractivity contribution >= 4 is 46.4 Å². The third-order valence-corrected chi connectivity index (χ3v) is 9.22. The third kappa shape index (κ3) is 7.46. The molecule has 0 radical (unpaired) electrons. The predicted octanol–water partition coefficient (Wildman–Crippen LogP) is 5.93. The SMILES string of the molecule is CCc1cc(NC(=O)C(=O)N2C[C@@H](C)CCC2c2ccc3c(C)n(C4CCN(C)CC4)nc3c2)cnc1N(C(=O)O)C(=O)OC(C)(C)C. The number of piperidine rings is 2. The van der Waals surface area contributed by atoms with E-state index in [2.05, 4.69) is 52.9 Å². The topological polar surface area (TPSA) is 150 Å². The zero-order chi connectivity index (χ0) is 34.9. The van der Waals surface area contributed by atoms with Gasteiger partial charge in [0.25, 0.3) is 0 Å². The summed E-state index contributed by atoms with van der Waals surface area (Å²) in [6.07, 6.45) is 2.63. The predicted molar refractivity (Wildman–Crippen MR) is 182 cm³/mol. The van der Waals surface area contributed by atoms with Gasteiger partial charge < -0.3 is 25.0 Å². The van der Waals surface area contributed by atoms with E-state index in [0.29, 0.717) is 35.9 Å². The Hall–Kier alpha value is -4.52. The van der Waals surface area contributed by atoms with Gasteiger partial charge in [0, 0.05) is 17.6 Å². The molecule has 48 heavy (non-hydrogen) atoms. The molecule has 2 aromatic heterocycles. The number of imide groups is 1. The van der Waals surface area contributed by atoms with Crippen LogP contribution in [0.25, 0.3) is 10.9 Å². The molecule has 2 fully saturated rings. The third-order valence-electron chi connectivity index (χ3n) is 9.22. The molecule has 2 saturated heterocycles. The number of amides is 4. The molecular formula is C35H47N7O6. The molecule has 0 saturated carbocycles. The molecule has 13 heteroatoms. The first kappa shape index (κ1) is 34.8. The molecule has 0 aliphatic carbocycles. The fraction of sp³-hybridized carbons (Fsp3) is 0.543. The van der Waals surface area contributed by atoms with Crippen LogP contribution in [0.5, 0.6) is 0 Å². The van der Waals surface area contributed by atoms with E-state index in [1.165, 1.54) is 12.3 Å². The quantitative estimate of drug-likeness (QED) is 0.317. The second-order valence-corrected chi connectivity index (χ2v) is 14.1. The molecule has 4 amide bonds. The highest BCUT2D eigenvalue weighted by Gasteiger charge is 2.36. The maximum atomic E-state index is 13.8. The van der Waals surface area contributed by atoms with Crippen LogP contribution in [0.15, 0.2) is 30.5 Å². The minimum absolute atomic E-state index is 0.127. The number of nitrogens with zero attached hydrogens (tertiary/aromatic N) is 6. The van der Waals surface area contributed by atoms with Crippen LogP contribution in [0.4, 0.5) is 21.1 Å². The highest BCUT2D eigenvalue weighted by molar-refractivity contribution is 6.39. The maximum absolute atomic E-state index is 13.8. The van der Waals surface area contributed by atoms with Gasteiger partial charge in [-0.05, 0) is 109 Å². The fourth-order valence-corrected chi connectivity index (χ4v) is 6.69. The number of benzene rings is 1. The number of hydrogen-bond donors (Lipinski definition) is 2. The first-order valence-electron chi connectivity index (χ1n) is 16.7. The molecule has 1 aromatic carbocycles. The highest BCUT2D eigenvalue weighted by atomic mass is 16.6. The Bertz CT molecular complexity index is 1710. The van der Waals surface area contributed by atoms with Crippen LogP contribution in [0.3, 0.4) is 0 Å². The van der Waals surface area contributed by atoms with Gasteiger partial charge in [-0.3, -0.25) is 14.3 Å². The number of carbonyl (C=O) groups excluding carboxylic acids is 3. The lowest BCUT2D eigenvalue weighted by atomic mass is 9.89. The number of anilines is 2. The first-order valence-corrected chi connectivity index (χ1v) is 16.7. The van der Waals surface area contributed by atoms with E-state index in [-0.39, 0.29) is 23.5 Å². The van der Waals surface area contributed by atoms with Crippen molar-refractivity contribution in [3.05, 3.63) is 47.3 Å². The molecule has 13 nitrogen and oxygen atoms in total. The zero-order valence-corrected chi connectivity index (χ0v) is 28.9. The van der Waals surface area contributed by atoms with Gasteiger partial charge in [-0.2, -0.15) is 10.00 Å². The number of rotatable bonds is 5. The van der Waals surface area contributed by atoms with E-state index < -0.39 is 29.6 Å². The number of aryl methyl sites for hydroxylation is 2.